The Bertz CT molecular complexity index is 624. The molecule has 8 nitrogen and oxygen atoms in total. The highest BCUT2D eigenvalue weighted by Crippen LogP contribution is 2.27. The zero-order valence-electron chi connectivity index (χ0n) is 10.3. The number of aromatic nitrogens is 2. The Kier molecular flexibility index (Phi) is 3.85. The van der Waals surface area contributed by atoms with Gasteiger partial charge >= 0.3 is 12.0 Å². The number of para-hydroxylation sites is 1. The van der Waals surface area contributed by atoms with Gasteiger partial charge in [0.15, 0.2) is 5.75 Å². The fraction of sp³-hybridized carbons (Fsp3) is 0.0833. The molecule has 0 aliphatic rings. The van der Waals surface area contributed by atoms with Gasteiger partial charge in [0.25, 0.3) is 0 Å². The summed E-state index contributed by atoms with van der Waals surface area (Å²) in [6.07, 6.45) is 3.19. The van der Waals surface area contributed by atoms with Gasteiger partial charge in [0.05, 0.1) is 11.9 Å². The van der Waals surface area contributed by atoms with Crippen LogP contribution in [0.15, 0.2) is 30.6 Å². The number of aromatic amines is 1. The lowest BCUT2D eigenvalue weighted by molar-refractivity contribution is 0.0694. The highest BCUT2D eigenvalue weighted by Gasteiger charge is 2.14. The van der Waals surface area contributed by atoms with Crippen LogP contribution in [0.2, 0.25) is 0 Å². The van der Waals surface area contributed by atoms with Crippen LogP contribution in [0.25, 0.3) is 0 Å². The molecule has 0 aliphatic heterocycles. The number of anilines is 1. The third-order valence-corrected chi connectivity index (χ3v) is 2.52. The van der Waals surface area contributed by atoms with Crippen LogP contribution >= 0.6 is 0 Å². The molecule has 2 rings (SSSR count). The number of carboxylic acid groups (broad SMARTS) is 1. The molecule has 0 radical (unpaired) electrons. The van der Waals surface area contributed by atoms with E-state index in [9.17, 15) is 14.7 Å². The topological polar surface area (TPSA) is 127 Å². The van der Waals surface area contributed by atoms with E-state index in [1.807, 2.05) is 0 Å². The van der Waals surface area contributed by atoms with Crippen LogP contribution in [0.3, 0.4) is 0 Å². The summed E-state index contributed by atoms with van der Waals surface area (Å²) >= 11 is 0. The molecule has 0 aliphatic carbocycles. The maximum Gasteiger partial charge on any atom is 0.339 e. The number of H-pyrrole nitrogens is 1. The minimum atomic E-state index is -1.27. The lowest BCUT2D eigenvalue weighted by atomic mass is 10.1. The molecule has 0 atom stereocenters. The molecule has 0 saturated heterocycles. The SMILES string of the molecule is O=C(NCc1cn[nH]c1)Nc1cccc(C(=O)O)c1O. The average Bonchev–Trinajstić information content (AvgIpc) is 2.91. The quantitative estimate of drug-likeness (QED) is 0.535. The zero-order chi connectivity index (χ0) is 14.5. The monoisotopic (exact) mass is 276 g/mol. The average molecular weight is 276 g/mol. The van der Waals surface area contributed by atoms with E-state index in [1.54, 1.807) is 12.4 Å². The van der Waals surface area contributed by atoms with E-state index >= 15 is 0 Å². The number of hydrogen-bond acceptors (Lipinski definition) is 4. The number of nitrogens with one attached hydrogen (secondary N) is 3. The molecule has 20 heavy (non-hydrogen) atoms. The van der Waals surface area contributed by atoms with Crippen molar-refractivity contribution in [1.29, 1.82) is 0 Å². The molecule has 2 amide bonds. The largest absolute Gasteiger partial charge is 0.505 e. The van der Waals surface area contributed by atoms with E-state index in [0.29, 0.717) is 0 Å². The number of rotatable bonds is 4. The molecular weight excluding hydrogens is 264 g/mol. The van der Waals surface area contributed by atoms with Crippen LogP contribution in [0.1, 0.15) is 15.9 Å². The van der Waals surface area contributed by atoms with Gasteiger partial charge in [0.2, 0.25) is 0 Å². The summed E-state index contributed by atoms with van der Waals surface area (Å²) in [5.41, 5.74) is 0.524. The fourth-order valence-electron chi connectivity index (χ4n) is 1.54. The van der Waals surface area contributed by atoms with Gasteiger partial charge in [-0.05, 0) is 12.1 Å². The van der Waals surface area contributed by atoms with Crippen LogP contribution in [-0.2, 0) is 6.54 Å². The zero-order valence-corrected chi connectivity index (χ0v) is 10.3. The third kappa shape index (κ3) is 3.05. The number of nitrogens with zero attached hydrogens (tertiary/aromatic N) is 1. The van der Waals surface area contributed by atoms with Crippen molar-refractivity contribution >= 4 is 17.7 Å². The van der Waals surface area contributed by atoms with Crippen LogP contribution in [0.5, 0.6) is 5.75 Å². The molecule has 1 heterocycles. The number of aromatic hydroxyl groups is 1. The molecule has 0 fully saturated rings. The van der Waals surface area contributed by atoms with Crippen molar-refractivity contribution in [2.75, 3.05) is 5.32 Å². The molecule has 104 valence electrons. The number of urea groups is 1. The van der Waals surface area contributed by atoms with Crippen molar-refractivity contribution in [2.24, 2.45) is 0 Å². The first-order valence-electron chi connectivity index (χ1n) is 5.65. The Labute approximate surface area is 113 Å². The van der Waals surface area contributed by atoms with Crippen molar-refractivity contribution in [3.8, 4) is 5.75 Å². The number of amides is 2. The lowest BCUT2D eigenvalue weighted by Crippen LogP contribution is -2.28. The maximum absolute atomic E-state index is 11.6. The van der Waals surface area contributed by atoms with Gasteiger partial charge in [-0.25, -0.2) is 9.59 Å². The molecule has 0 unspecified atom stereocenters. The summed E-state index contributed by atoms with van der Waals surface area (Å²) in [7, 11) is 0. The molecule has 0 bridgehead atoms. The highest BCUT2D eigenvalue weighted by molar-refractivity contribution is 5.97. The Balaban J connectivity index is 2.01. The molecule has 1 aromatic carbocycles. The molecule has 8 heteroatoms. The second-order valence-corrected chi connectivity index (χ2v) is 3.92. The van der Waals surface area contributed by atoms with Gasteiger partial charge in [0.1, 0.15) is 5.56 Å². The van der Waals surface area contributed by atoms with Gasteiger partial charge in [0, 0.05) is 18.3 Å². The first-order valence-corrected chi connectivity index (χ1v) is 5.65. The number of phenols is 1. The predicted molar refractivity (Wildman–Crippen MR) is 69.5 cm³/mol. The molecular formula is C12H12N4O4. The van der Waals surface area contributed by atoms with Crippen molar-refractivity contribution in [2.45, 2.75) is 6.54 Å². The molecule has 0 saturated carbocycles. The van der Waals surface area contributed by atoms with Crippen molar-refractivity contribution in [3.63, 3.8) is 0 Å². The maximum atomic E-state index is 11.6. The lowest BCUT2D eigenvalue weighted by Gasteiger charge is -2.09. The van der Waals surface area contributed by atoms with Gasteiger partial charge < -0.3 is 20.8 Å². The number of hydrogen-bond donors (Lipinski definition) is 5. The van der Waals surface area contributed by atoms with E-state index in [-0.39, 0.29) is 17.8 Å². The number of carboxylic acids is 1. The first kappa shape index (κ1) is 13.4. The fourth-order valence-corrected chi connectivity index (χ4v) is 1.54. The van der Waals surface area contributed by atoms with Gasteiger partial charge in [-0.2, -0.15) is 5.10 Å². The predicted octanol–water partition coefficient (Wildman–Crippen LogP) is 1.14. The van der Waals surface area contributed by atoms with E-state index in [2.05, 4.69) is 20.8 Å². The second-order valence-electron chi connectivity index (χ2n) is 3.92. The minimum absolute atomic E-state index is 0.0228. The number of carbonyl (C=O) groups is 2. The normalized spacial score (nSPS) is 10.0. The first-order chi connectivity index (χ1) is 9.58. The smallest absolute Gasteiger partial charge is 0.339 e. The van der Waals surface area contributed by atoms with Crippen LogP contribution in [0, 0.1) is 0 Å². The van der Waals surface area contributed by atoms with Crippen molar-refractivity contribution < 1.29 is 19.8 Å². The minimum Gasteiger partial charge on any atom is -0.505 e. The van der Waals surface area contributed by atoms with E-state index < -0.39 is 17.7 Å². The summed E-state index contributed by atoms with van der Waals surface area (Å²) < 4.78 is 0. The summed E-state index contributed by atoms with van der Waals surface area (Å²) in [5.74, 6) is -1.76. The summed E-state index contributed by atoms with van der Waals surface area (Å²) in [6, 6.07) is 3.50. The highest BCUT2D eigenvalue weighted by atomic mass is 16.4. The molecule has 5 N–H and O–H groups in total. The molecule has 2 aromatic rings. The molecule has 1 aromatic heterocycles. The summed E-state index contributed by atoms with van der Waals surface area (Å²) in [5, 5.41) is 29.8. The van der Waals surface area contributed by atoms with Crippen LogP contribution in [-0.4, -0.2) is 32.4 Å². The van der Waals surface area contributed by atoms with Crippen LogP contribution < -0.4 is 10.6 Å². The number of carbonyl (C=O) groups excluding carboxylic acids is 1. The number of aromatic carboxylic acids is 1. The Morgan fingerprint density at radius 2 is 2.15 bits per heavy atom. The molecule has 0 spiro atoms. The van der Waals surface area contributed by atoms with Gasteiger partial charge in [-0.15, -0.1) is 0 Å². The van der Waals surface area contributed by atoms with Gasteiger partial charge in [-0.1, -0.05) is 6.07 Å². The second kappa shape index (κ2) is 5.74. The van der Waals surface area contributed by atoms with E-state index in [0.717, 1.165) is 5.56 Å². The van der Waals surface area contributed by atoms with Gasteiger partial charge in [-0.3, -0.25) is 5.10 Å². The third-order valence-electron chi connectivity index (χ3n) is 2.52. The van der Waals surface area contributed by atoms with E-state index in [4.69, 9.17) is 5.11 Å². The van der Waals surface area contributed by atoms with E-state index in [1.165, 1.54) is 18.2 Å². The van der Waals surface area contributed by atoms with Crippen molar-refractivity contribution in [3.05, 3.63) is 41.7 Å². The number of benzene rings is 1. The Hall–Kier alpha value is -3.03. The summed E-state index contributed by atoms with van der Waals surface area (Å²) in [6.45, 7) is 0.252. The standard InChI is InChI=1S/C12H12N4O4/c17-10-8(11(18)19)2-1-3-9(10)16-12(20)13-4-7-5-14-15-6-7/h1-3,5-6,17H,4H2,(H,14,15)(H,18,19)(H2,13,16,20). The van der Waals surface area contributed by atoms with Crippen molar-refractivity contribution in [1.82, 2.24) is 15.5 Å². The summed E-state index contributed by atoms with van der Waals surface area (Å²) in [4.78, 5) is 22.5. The Morgan fingerprint density at radius 1 is 1.35 bits per heavy atom. The Morgan fingerprint density at radius 3 is 2.80 bits per heavy atom. The van der Waals surface area contributed by atoms with Crippen LogP contribution in [0.4, 0.5) is 10.5 Å².